The first-order chi connectivity index (χ1) is 16.2. The monoisotopic (exact) mass is 448 g/mol. The Morgan fingerprint density at radius 3 is 1.61 bits per heavy atom. The van der Waals surface area contributed by atoms with Crippen molar-refractivity contribution >= 4 is 33.0 Å². The van der Waals surface area contributed by atoms with Crippen molar-refractivity contribution in [3.63, 3.8) is 0 Å². The topological polar surface area (TPSA) is 52.6 Å². The highest BCUT2D eigenvalue weighted by Crippen LogP contribution is 2.49. The molecule has 0 bridgehead atoms. The number of ether oxygens (including phenoxy) is 2. The number of carbonyl (C=O) groups excluding carboxylic acids is 2. The van der Waals surface area contributed by atoms with Gasteiger partial charge in [0.2, 0.25) is 0 Å². The molecule has 1 heterocycles. The molecule has 6 rings (SSSR count). The molecule has 158 valence electrons. The summed E-state index contributed by atoms with van der Waals surface area (Å²) in [6.45, 7) is 0. The first kappa shape index (κ1) is 19.5. The van der Waals surface area contributed by atoms with Gasteiger partial charge in [-0.3, -0.25) is 9.59 Å². The Bertz CT molecular complexity index is 1420. The maximum atomic E-state index is 13.8. The number of carbonyl (C=O) groups is 2. The van der Waals surface area contributed by atoms with E-state index in [4.69, 9.17) is 9.47 Å². The lowest BCUT2D eigenvalue weighted by molar-refractivity contribution is 0.0975. The molecule has 1 aromatic heterocycles. The first-order valence-electron chi connectivity index (χ1n) is 10.4. The lowest BCUT2D eigenvalue weighted by atomic mass is 9.82. The highest BCUT2D eigenvalue weighted by Gasteiger charge is 2.38. The van der Waals surface area contributed by atoms with Crippen LogP contribution in [0.2, 0.25) is 0 Å². The maximum Gasteiger partial charge on any atom is 0.198 e. The largest absolute Gasteiger partial charge is 0.456 e. The molecule has 5 heteroatoms. The zero-order chi connectivity index (χ0) is 22.4. The SMILES string of the molecule is O=C1c2ccccc2C(=O)c2c1c(Oc1ccccc1)c1ccsc1c2Oc1ccccc1. The van der Waals surface area contributed by atoms with Crippen LogP contribution in [0.1, 0.15) is 31.8 Å². The zero-order valence-electron chi connectivity index (χ0n) is 17.3. The van der Waals surface area contributed by atoms with Gasteiger partial charge in [0.1, 0.15) is 17.2 Å². The van der Waals surface area contributed by atoms with Crippen LogP contribution < -0.4 is 9.47 Å². The number of fused-ring (bicyclic) bond motifs is 3. The van der Waals surface area contributed by atoms with Gasteiger partial charge < -0.3 is 9.47 Å². The van der Waals surface area contributed by atoms with E-state index in [1.54, 1.807) is 24.3 Å². The molecule has 1 aliphatic rings. The average molecular weight is 448 g/mol. The maximum absolute atomic E-state index is 13.8. The van der Waals surface area contributed by atoms with Crippen molar-refractivity contribution in [3.05, 3.63) is 119 Å². The van der Waals surface area contributed by atoms with Gasteiger partial charge in [0.25, 0.3) is 0 Å². The Balaban J connectivity index is 1.67. The summed E-state index contributed by atoms with van der Waals surface area (Å²) in [5, 5.41) is 2.64. The molecule has 0 amide bonds. The molecule has 0 saturated carbocycles. The van der Waals surface area contributed by atoms with E-state index in [0.717, 1.165) is 10.1 Å². The second-order valence-corrected chi connectivity index (χ2v) is 8.52. The predicted molar refractivity (Wildman–Crippen MR) is 128 cm³/mol. The van der Waals surface area contributed by atoms with Crippen molar-refractivity contribution in [3.8, 4) is 23.0 Å². The van der Waals surface area contributed by atoms with E-state index in [0.29, 0.717) is 34.1 Å². The Hall–Kier alpha value is -4.22. The standard InChI is InChI=1S/C28H16O4S/c29-24-19-13-7-8-14-20(19)25(30)23-22(24)26(31-17-9-3-1-4-10-17)21-15-16-33-28(21)27(23)32-18-11-5-2-6-12-18/h1-16H. The van der Waals surface area contributed by atoms with E-state index in [9.17, 15) is 9.59 Å². The molecule has 0 N–H and O–H groups in total. The predicted octanol–water partition coefficient (Wildman–Crippen LogP) is 7.26. The fourth-order valence-electron chi connectivity index (χ4n) is 4.14. The number of hydrogen-bond acceptors (Lipinski definition) is 5. The molecule has 0 saturated heterocycles. The van der Waals surface area contributed by atoms with Gasteiger partial charge >= 0.3 is 0 Å². The smallest absolute Gasteiger partial charge is 0.198 e. The number of para-hydroxylation sites is 2. The van der Waals surface area contributed by atoms with E-state index in [-0.39, 0.29) is 22.7 Å². The number of benzene rings is 4. The van der Waals surface area contributed by atoms with Gasteiger partial charge in [0.05, 0.1) is 15.8 Å². The molecular formula is C28H16O4S. The highest BCUT2D eigenvalue weighted by molar-refractivity contribution is 7.17. The first-order valence-corrected chi connectivity index (χ1v) is 11.3. The number of thiophene rings is 1. The van der Waals surface area contributed by atoms with Crippen molar-refractivity contribution in [2.45, 2.75) is 0 Å². The van der Waals surface area contributed by atoms with E-state index < -0.39 is 0 Å². The van der Waals surface area contributed by atoms with Crippen molar-refractivity contribution in [1.29, 1.82) is 0 Å². The third kappa shape index (κ3) is 3.13. The molecule has 0 radical (unpaired) electrons. The lowest BCUT2D eigenvalue weighted by Crippen LogP contribution is -2.22. The van der Waals surface area contributed by atoms with E-state index in [1.165, 1.54) is 11.3 Å². The molecule has 4 nitrogen and oxygen atoms in total. The molecule has 33 heavy (non-hydrogen) atoms. The van der Waals surface area contributed by atoms with Gasteiger partial charge in [-0.1, -0.05) is 60.7 Å². The van der Waals surface area contributed by atoms with Gasteiger partial charge in [-0.25, -0.2) is 0 Å². The van der Waals surface area contributed by atoms with Crippen LogP contribution in [0.3, 0.4) is 0 Å². The number of ketones is 2. The van der Waals surface area contributed by atoms with Crippen molar-refractivity contribution in [1.82, 2.24) is 0 Å². The summed E-state index contributed by atoms with van der Waals surface area (Å²) in [5.41, 5.74) is 1.21. The molecule has 0 atom stereocenters. The van der Waals surface area contributed by atoms with Crippen LogP contribution in [0.15, 0.2) is 96.4 Å². The normalized spacial score (nSPS) is 12.4. The Labute approximate surface area is 193 Å². The summed E-state index contributed by atoms with van der Waals surface area (Å²) in [6, 6.07) is 27.3. The van der Waals surface area contributed by atoms with Crippen LogP contribution in [0.25, 0.3) is 10.1 Å². The molecular weight excluding hydrogens is 432 g/mol. The third-order valence-corrected chi connectivity index (χ3v) is 6.53. The van der Waals surface area contributed by atoms with Crippen LogP contribution in [0.4, 0.5) is 0 Å². The Morgan fingerprint density at radius 2 is 1.03 bits per heavy atom. The summed E-state index contributed by atoms with van der Waals surface area (Å²) in [6.07, 6.45) is 0. The van der Waals surface area contributed by atoms with Crippen LogP contribution in [0.5, 0.6) is 23.0 Å². The van der Waals surface area contributed by atoms with Gasteiger partial charge in [-0.05, 0) is 35.7 Å². The molecule has 0 aliphatic heterocycles. The zero-order valence-corrected chi connectivity index (χ0v) is 18.1. The average Bonchev–Trinajstić information content (AvgIpc) is 3.35. The minimum Gasteiger partial charge on any atom is -0.456 e. The number of rotatable bonds is 4. The van der Waals surface area contributed by atoms with Crippen LogP contribution in [-0.2, 0) is 0 Å². The van der Waals surface area contributed by atoms with Crippen molar-refractivity contribution < 1.29 is 19.1 Å². The minimum atomic E-state index is -0.253. The summed E-state index contributed by atoms with van der Waals surface area (Å²) >= 11 is 1.45. The van der Waals surface area contributed by atoms with Crippen LogP contribution in [0, 0.1) is 0 Å². The molecule has 0 spiro atoms. The highest BCUT2D eigenvalue weighted by atomic mass is 32.1. The summed E-state index contributed by atoms with van der Waals surface area (Å²) in [4.78, 5) is 27.5. The summed E-state index contributed by atoms with van der Waals surface area (Å²) < 4.78 is 13.3. The molecule has 1 aliphatic carbocycles. The third-order valence-electron chi connectivity index (χ3n) is 5.62. The van der Waals surface area contributed by atoms with Gasteiger partial charge in [0, 0.05) is 16.5 Å². The van der Waals surface area contributed by atoms with E-state index in [1.807, 2.05) is 72.1 Å². The van der Waals surface area contributed by atoms with Gasteiger partial charge in [0.15, 0.2) is 17.3 Å². The van der Waals surface area contributed by atoms with Crippen LogP contribution >= 0.6 is 11.3 Å². The van der Waals surface area contributed by atoms with Gasteiger partial charge in [-0.15, -0.1) is 11.3 Å². The van der Waals surface area contributed by atoms with Crippen LogP contribution in [-0.4, -0.2) is 11.6 Å². The second-order valence-electron chi connectivity index (χ2n) is 7.61. The van der Waals surface area contributed by atoms with E-state index in [2.05, 4.69) is 0 Å². The summed E-state index contributed by atoms with van der Waals surface area (Å²) in [5.74, 6) is 1.43. The van der Waals surface area contributed by atoms with E-state index >= 15 is 0 Å². The molecule has 5 aromatic rings. The molecule has 0 unspecified atom stereocenters. The van der Waals surface area contributed by atoms with Crippen molar-refractivity contribution in [2.24, 2.45) is 0 Å². The second kappa shape index (κ2) is 7.73. The summed E-state index contributed by atoms with van der Waals surface area (Å²) in [7, 11) is 0. The quantitative estimate of drug-likeness (QED) is 0.285. The fourth-order valence-corrected chi connectivity index (χ4v) is 5.02. The Kier molecular flexibility index (Phi) is 4.56. The lowest BCUT2D eigenvalue weighted by Gasteiger charge is -2.24. The minimum absolute atomic E-state index is 0.236. The van der Waals surface area contributed by atoms with Gasteiger partial charge in [-0.2, -0.15) is 0 Å². The van der Waals surface area contributed by atoms with Crippen molar-refractivity contribution in [2.75, 3.05) is 0 Å². The number of hydrogen-bond donors (Lipinski definition) is 0. The molecule has 4 aromatic carbocycles. The Morgan fingerprint density at radius 1 is 0.545 bits per heavy atom. The molecule has 0 fully saturated rings. The fraction of sp³-hybridized carbons (Fsp3) is 0.